The topological polar surface area (TPSA) is 59.2 Å². The van der Waals surface area contributed by atoms with Crippen molar-refractivity contribution in [3.8, 4) is 11.5 Å². The summed E-state index contributed by atoms with van der Waals surface area (Å²) in [6.45, 7) is 0.430. The van der Waals surface area contributed by atoms with Crippen LogP contribution in [0.15, 0.2) is 53.1 Å². The van der Waals surface area contributed by atoms with E-state index in [1.807, 2.05) is 6.07 Å². The first-order chi connectivity index (χ1) is 12.1. The zero-order valence-electron chi connectivity index (χ0n) is 13.0. The number of amides is 1. The van der Waals surface area contributed by atoms with Gasteiger partial charge in [0.1, 0.15) is 5.82 Å². The van der Waals surface area contributed by atoms with Crippen molar-refractivity contribution < 1.29 is 13.7 Å². The number of nitrogens with zero attached hydrogens (tertiary/aromatic N) is 3. The van der Waals surface area contributed by atoms with E-state index in [1.165, 1.54) is 12.1 Å². The Hall–Kier alpha value is -2.73. The van der Waals surface area contributed by atoms with Gasteiger partial charge in [0.05, 0.1) is 0 Å². The lowest BCUT2D eigenvalue weighted by Crippen LogP contribution is -2.24. The number of hydrogen-bond acceptors (Lipinski definition) is 4. The van der Waals surface area contributed by atoms with Crippen molar-refractivity contribution in [1.29, 1.82) is 0 Å². The average Bonchev–Trinajstić information content (AvgIpc) is 3.23. The summed E-state index contributed by atoms with van der Waals surface area (Å²) in [5.41, 5.74) is 1.39. The monoisotopic (exact) mass is 357 g/mol. The van der Waals surface area contributed by atoms with Crippen LogP contribution in [0.1, 0.15) is 18.2 Å². The van der Waals surface area contributed by atoms with E-state index in [4.69, 9.17) is 16.1 Å². The van der Waals surface area contributed by atoms with E-state index in [0.29, 0.717) is 29.0 Å². The van der Waals surface area contributed by atoms with Crippen molar-refractivity contribution >= 4 is 23.2 Å². The summed E-state index contributed by atoms with van der Waals surface area (Å²) >= 11 is 5.98. The van der Waals surface area contributed by atoms with Crippen LogP contribution in [0, 0.1) is 5.82 Å². The molecular weight excluding hydrogens is 345 g/mol. The first kappa shape index (κ1) is 15.8. The number of anilines is 1. The molecule has 0 bridgehead atoms. The number of aromatic nitrogens is 2. The fourth-order valence-corrected chi connectivity index (χ4v) is 3.08. The molecule has 0 radical (unpaired) electrons. The molecule has 4 rings (SSSR count). The van der Waals surface area contributed by atoms with Gasteiger partial charge in [-0.1, -0.05) is 22.8 Å². The Balaban J connectivity index is 1.55. The van der Waals surface area contributed by atoms with Gasteiger partial charge >= 0.3 is 0 Å². The molecule has 3 aromatic rings. The highest BCUT2D eigenvalue weighted by molar-refractivity contribution is 6.30. The lowest BCUT2D eigenvalue weighted by Gasteiger charge is -2.15. The fraction of sp³-hybridized carbons (Fsp3) is 0.167. The lowest BCUT2D eigenvalue weighted by molar-refractivity contribution is -0.117. The maximum Gasteiger partial charge on any atom is 0.257 e. The van der Waals surface area contributed by atoms with Gasteiger partial charge in [-0.3, -0.25) is 4.79 Å². The highest BCUT2D eigenvalue weighted by atomic mass is 35.5. The van der Waals surface area contributed by atoms with Crippen LogP contribution in [-0.4, -0.2) is 22.6 Å². The van der Waals surface area contributed by atoms with Crippen molar-refractivity contribution in [1.82, 2.24) is 10.1 Å². The zero-order chi connectivity index (χ0) is 17.4. The van der Waals surface area contributed by atoms with Gasteiger partial charge in [-0.2, -0.15) is 4.98 Å². The number of carbonyl (C=O) groups excluding carboxylic acids is 1. The van der Waals surface area contributed by atoms with Crippen molar-refractivity contribution in [3.05, 3.63) is 65.2 Å². The van der Waals surface area contributed by atoms with Gasteiger partial charge in [0.25, 0.3) is 5.89 Å². The van der Waals surface area contributed by atoms with Crippen LogP contribution < -0.4 is 4.90 Å². The second kappa shape index (κ2) is 6.29. The normalized spacial score (nSPS) is 17.3. The molecule has 126 valence electrons. The highest BCUT2D eigenvalue weighted by Gasteiger charge is 2.34. The van der Waals surface area contributed by atoms with Gasteiger partial charge < -0.3 is 9.42 Å². The summed E-state index contributed by atoms with van der Waals surface area (Å²) in [5, 5.41) is 4.59. The summed E-state index contributed by atoms with van der Waals surface area (Å²) in [7, 11) is 0. The van der Waals surface area contributed by atoms with Crippen molar-refractivity contribution in [2.75, 3.05) is 11.4 Å². The third kappa shape index (κ3) is 3.13. The molecule has 1 aliphatic rings. The molecule has 2 heterocycles. The predicted molar refractivity (Wildman–Crippen MR) is 90.9 cm³/mol. The Labute approximate surface area is 148 Å². The highest BCUT2D eigenvalue weighted by Crippen LogP contribution is 2.31. The Morgan fingerprint density at radius 2 is 2.00 bits per heavy atom. The van der Waals surface area contributed by atoms with E-state index < -0.39 is 0 Å². The van der Waals surface area contributed by atoms with Gasteiger partial charge in [-0.25, -0.2) is 4.39 Å². The first-order valence-corrected chi connectivity index (χ1v) is 8.13. The van der Waals surface area contributed by atoms with E-state index in [2.05, 4.69) is 10.1 Å². The van der Waals surface area contributed by atoms with Crippen molar-refractivity contribution in [2.45, 2.75) is 12.3 Å². The van der Waals surface area contributed by atoms with Gasteiger partial charge in [0.15, 0.2) is 5.82 Å². The maximum absolute atomic E-state index is 13.1. The van der Waals surface area contributed by atoms with Crippen LogP contribution in [0.5, 0.6) is 0 Å². The van der Waals surface area contributed by atoms with Gasteiger partial charge in [0, 0.05) is 35.2 Å². The number of rotatable bonds is 3. The lowest BCUT2D eigenvalue weighted by atomic mass is 10.1. The Bertz CT molecular complexity index is 926. The molecule has 1 aromatic heterocycles. The van der Waals surface area contributed by atoms with Crippen LogP contribution in [0.4, 0.5) is 10.1 Å². The SMILES string of the molecule is O=C1C[C@@H](c2noc(-c3cccc(Cl)c3)n2)CN1c1ccc(F)cc1. The molecule has 7 heteroatoms. The summed E-state index contributed by atoms with van der Waals surface area (Å²) in [5.74, 6) is 0.286. The molecule has 2 aromatic carbocycles. The average molecular weight is 358 g/mol. The van der Waals surface area contributed by atoms with Crippen molar-refractivity contribution in [3.63, 3.8) is 0 Å². The smallest absolute Gasteiger partial charge is 0.257 e. The third-order valence-electron chi connectivity index (χ3n) is 4.14. The van der Waals surface area contributed by atoms with Crippen molar-refractivity contribution in [2.24, 2.45) is 0 Å². The molecule has 25 heavy (non-hydrogen) atoms. The number of hydrogen-bond donors (Lipinski definition) is 0. The Kier molecular flexibility index (Phi) is 3.97. The van der Waals surface area contributed by atoms with E-state index in [0.717, 1.165) is 5.56 Å². The van der Waals surface area contributed by atoms with E-state index in [1.54, 1.807) is 35.2 Å². The number of benzene rings is 2. The summed E-state index contributed by atoms with van der Waals surface area (Å²) < 4.78 is 18.4. The molecule has 0 saturated carbocycles. The van der Waals surface area contributed by atoms with Gasteiger partial charge in [-0.15, -0.1) is 0 Å². The molecule has 1 saturated heterocycles. The van der Waals surface area contributed by atoms with Crippen LogP contribution in [0.2, 0.25) is 5.02 Å². The second-order valence-electron chi connectivity index (χ2n) is 5.85. The first-order valence-electron chi connectivity index (χ1n) is 7.75. The fourth-order valence-electron chi connectivity index (χ4n) is 2.89. The molecule has 1 aliphatic heterocycles. The minimum atomic E-state index is -0.337. The molecule has 0 N–H and O–H groups in total. The van der Waals surface area contributed by atoms with E-state index >= 15 is 0 Å². The Morgan fingerprint density at radius 3 is 2.76 bits per heavy atom. The molecule has 1 amide bonds. The third-order valence-corrected chi connectivity index (χ3v) is 4.38. The summed E-state index contributed by atoms with van der Waals surface area (Å²) in [6.07, 6.45) is 0.284. The summed E-state index contributed by atoms with van der Waals surface area (Å²) in [4.78, 5) is 18.3. The minimum Gasteiger partial charge on any atom is -0.334 e. The van der Waals surface area contributed by atoms with E-state index in [-0.39, 0.29) is 24.1 Å². The van der Waals surface area contributed by atoms with Crippen LogP contribution in [-0.2, 0) is 4.79 Å². The van der Waals surface area contributed by atoms with E-state index in [9.17, 15) is 9.18 Å². The quantitative estimate of drug-likeness (QED) is 0.709. The molecule has 1 fully saturated rings. The van der Waals surface area contributed by atoms with Crippen LogP contribution in [0.3, 0.4) is 0 Å². The van der Waals surface area contributed by atoms with Crippen LogP contribution in [0.25, 0.3) is 11.5 Å². The molecule has 5 nitrogen and oxygen atoms in total. The second-order valence-corrected chi connectivity index (χ2v) is 6.29. The molecule has 0 spiro atoms. The molecular formula is C18H13ClFN3O2. The molecule has 1 atom stereocenters. The predicted octanol–water partition coefficient (Wildman–Crippen LogP) is 4.05. The largest absolute Gasteiger partial charge is 0.334 e. The van der Waals surface area contributed by atoms with Gasteiger partial charge in [0.2, 0.25) is 5.91 Å². The minimum absolute atomic E-state index is 0.0503. The Morgan fingerprint density at radius 1 is 1.20 bits per heavy atom. The van der Waals surface area contributed by atoms with Crippen LogP contribution >= 0.6 is 11.6 Å². The zero-order valence-corrected chi connectivity index (χ0v) is 13.8. The number of carbonyl (C=O) groups is 1. The molecule has 0 unspecified atom stereocenters. The standard InChI is InChI=1S/C18H13ClFN3O2/c19-13-3-1-2-11(8-13)18-21-17(22-25-18)12-9-16(24)23(10-12)15-6-4-14(20)5-7-15/h1-8,12H,9-10H2/t12-/m1/s1. The van der Waals surface area contributed by atoms with Gasteiger partial charge in [-0.05, 0) is 42.5 Å². The molecule has 0 aliphatic carbocycles. The maximum atomic E-state index is 13.1. The summed E-state index contributed by atoms with van der Waals surface area (Å²) in [6, 6.07) is 13.0. The number of halogens is 2.